The molecule has 0 saturated carbocycles. The number of nitrogens with one attached hydrogen (secondary N) is 1. The maximum atomic E-state index is 3.73. The van der Waals surface area contributed by atoms with E-state index in [4.69, 9.17) is 0 Å². The van der Waals surface area contributed by atoms with Crippen molar-refractivity contribution in [2.75, 3.05) is 6.54 Å². The Kier molecular flexibility index (Phi) is 5.10. The average molecular weight is 299 g/mol. The summed E-state index contributed by atoms with van der Waals surface area (Å²) < 4.78 is 1.40. The molecule has 2 aromatic rings. The molecule has 21 heavy (non-hydrogen) atoms. The van der Waals surface area contributed by atoms with Gasteiger partial charge in [0.1, 0.15) is 0 Å². The first kappa shape index (κ1) is 14.8. The van der Waals surface area contributed by atoms with Gasteiger partial charge >= 0.3 is 0 Å². The Morgan fingerprint density at radius 1 is 1.14 bits per heavy atom. The lowest BCUT2D eigenvalue weighted by molar-refractivity contribution is 0.556. The third-order valence-corrected chi connectivity index (χ3v) is 5.41. The van der Waals surface area contributed by atoms with Crippen molar-refractivity contribution < 1.29 is 0 Å². The molecule has 1 heterocycles. The van der Waals surface area contributed by atoms with Crippen LogP contribution in [0.4, 0.5) is 0 Å². The Balaban J connectivity index is 1.96. The van der Waals surface area contributed by atoms with Crippen LogP contribution in [0.25, 0.3) is 10.1 Å². The van der Waals surface area contributed by atoms with Gasteiger partial charge < -0.3 is 5.32 Å². The fourth-order valence-electron chi connectivity index (χ4n) is 3.35. The second kappa shape index (κ2) is 7.24. The topological polar surface area (TPSA) is 12.0 Å². The number of thiophene rings is 1. The molecule has 0 saturated heterocycles. The molecular weight excluding hydrogens is 274 g/mol. The van der Waals surface area contributed by atoms with Crippen LogP contribution in [0.3, 0.4) is 0 Å². The van der Waals surface area contributed by atoms with Crippen molar-refractivity contribution in [3.63, 3.8) is 0 Å². The van der Waals surface area contributed by atoms with Gasteiger partial charge in [0.25, 0.3) is 0 Å². The number of benzene rings is 1. The van der Waals surface area contributed by atoms with Crippen molar-refractivity contribution in [2.45, 2.75) is 51.5 Å². The summed E-state index contributed by atoms with van der Waals surface area (Å²) in [5, 5.41) is 7.52. The van der Waals surface area contributed by atoms with E-state index in [9.17, 15) is 0 Å². The molecule has 112 valence electrons. The van der Waals surface area contributed by atoms with Crippen molar-refractivity contribution >= 4 is 21.4 Å². The SMILES string of the molecule is CCNC(/C1=C/CCCCCC1)c1csc2ccccc12. The molecule has 0 radical (unpaired) electrons. The fraction of sp³-hybridized carbons (Fsp3) is 0.474. The van der Waals surface area contributed by atoms with Gasteiger partial charge in [-0.3, -0.25) is 0 Å². The molecule has 1 unspecified atom stereocenters. The highest BCUT2D eigenvalue weighted by Crippen LogP contribution is 2.36. The maximum absolute atomic E-state index is 3.73. The van der Waals surface area contributed by atoms with Crippen LogP contribution in [0.15, 0.2) is 41.3 Å². The highest BCUT2D eigenvalue weighted by atomic mass is 32.1. The van der Waals surface area contributed by atoms with Gasteiger partial charge in [0.15, 0.2) is 0 Å². The van der Waals surface area contributed by atoms with Crippen molar-refractivity contribution in [3.8, 4) is 0 Å². The van der Waals surface area contributed by atoms with Gasteiger partial charge in [-0.05, 0) is 54.6 Å². The summed E-state index contributed by atoms with van der Waals surface area (Å²) in [6.45, 7) is 3.23. The molecule has 3 rings (SSSR count). The minimum Gasteiger partial charge on any atom is -0.307 e. The molecular formula is C19H25NS. The predicted octanol–water partition coefficient (Wildman–Crippen LogP) is 5.83. The van der Waals surface area contributed by atoms with Crippen molar-refractivity contribution in [1.82, 2.24) is 5.32 Å². The normalized spacial score (nSPS) is 20.5. The summed E-state index contributed by atoms with van der Waals surface area (Å²) in [6, 6.07) is 9.21. The molecule has 1 aliphatic rings. The lowest BCUT2D eigenvalue weighted by Gasteiger charge is -2.23. The number of rotatable bonds is 4. The Hall–Kier alpha value is -1.12. The van der Waals surface area contributed by atoms with Crippen LogP contribution in [-0.4, -0.2) is 6.54 Å². The first-order valence-electron chi connectivity index (χ1n) is 8.28. The monoisotopic (exact) mass is 299 g/mol. The molecule has 1 N–H and O–H groups in total. The summed E-state index contributed by atoms with van der Waals surface area (Å²) in [5.41, 5.74) is 3.09. The lowest BCUT2D eigenvalue weighted by Crippen LogP contribution is -2.23. The predicted molar refractivity (Wildman–Crippen MR) is 94.0 cm³/mol. The molecule has 0 aliphatic heterocycles. The first-order valence-corrected chi connectivity index (χ1v) is 9.16. The van der Waals surface area contributed by atoms with Crippen LogP contribution in [0.1, 0.15) is 57.1 Å². The van der Waals surface area contributed by atoms with E-state index in [2.05, 4.69) is 48.0 Å². The number of fused-ring (bicyclic) bond motifs is 1. The van der Waals surface area contributed by atoms with Gasteiger partial charge in [-0.2, -0.15) is 0 Å². The Bertz CT molecular complexity index is 611. The quantitative estimate of drug-likeness (QED) is 0.700. The van der Waals surface area contributed by atoms with Crippen LogP contribution in [0.2, 0.25) is 0 Å². The second-order valence-corrected chi connectivity index (χ2v) is 6.82. The maximum Gasteiger partial charge on any atom is 0.0550 e. The zero-order chi connectivity index (χ0) is 14.5. The Labute approximate surface area is 132 Å². The summed E-state index contributed by atoms with van der Waals surface area (Å²) in [5.74, 6) is 0. The van der Waals surface area contributed by atoms with E-state index in [1.165, 1.54) is 54.2 Å². The van der Waals surface area contributed by atoms with Gasteiger partial charge in [0.2, 0.25) is 0 Å². The van der Waals surface area contributed by atoms with Crippen LogP contribution in [-0.2, 0) is 0 Å². The fourth-order valence-corrected chi connectivity index (χ4v) is 4.33. The Morgan fingerprint density at radius 2 is 2.00 bits per heavy atom. The Morgan fingerprint density at radius 3 is 2.90 bits per heavy atom. The molecule has 1 atom stereocenters. The molecule has 0 spiro atoms. The minimum atomic E-state index is 0.407. The highest BCUT2D eigenvalue weighted by molar-refractivity contribution is 7.17. The second-order valence-electron chi connectivity index (χ2n) is 5.91. The van der Waals surface area contributed by atoms with Crippen LogP contribution >= 0.6 is 11.3 Å². The van der Waals surface area contributed by atoms with E-state index in [0.29, 0.717) is 6.04 Å². The summed E-state index contributed by atoms with van der Waals surface area (Å²) in [7, 11) is 0. The zero-order valence-electron chi connectivity index (χ0n) is 12.9. The largest absolute Gasteiger partial charge is 0.307 e. The van der Waals surface area contributed by atoms with E-state index in [-0.39, 0.29) is 0 Å². The molecule has 0 bridgehead atoms. The number of hydrogen-bond donors (Lipinski definition) is 1. The molecule has 1 aromatic heterocycles. The molecule has 2 heteroatoms. The van der Waals surface area contributed by atoms with E-state index >= 15 is 0 Å². The number of hydrogen-bond acceptors (Lipinski definition) is 2. The van der Waals surface area contributed by atoms with Crippen LogP contribution < -0.4 is 5.32 Å². The van der Waals surface area contributed by atoms with Gasteiger partial charge in [-0.15, -0.1) is 11.3 Å². The smallest absolute Gasteiger partial charge is 0.0550 e. The molecule has 0 amide bonds. The van der Waals surface area contributed by atoms with E-state index in [1.54, 1.807) is 5.57 Å². The van der Waals surface area contributed by atoms with Crippen LogP contribution in [0.5, 0.6) is 0 Å². The summed E-state index contributed by atoms with van der Waals surface area (Å²) in [6.07, 6.45) is 10.5. The van der Waals surface area contributed by atoms with E-state index in [0.717, 1.165) is 6.54 Å². The highest BCUT2D eigenvalue weighted by Gasteiger charge is 2.19. The minimum absolute atomic E-state index is 0.407. The average Bonchev–Trinajstić information content (AvgIpc) is 2.89. The van der Waals surface area contributed by atoms with Gasteiger partial charge in [-0.25, -0.2) is 0 Å². The number of likely N-dealkylation sites (N-methyl/N-ethyl adjacent to an activating group) is 1. The number of allylic oxidation sites excluding steroid dienone is 1. The molecule has 0 fully saturated rings. The molecule has 1 nitrogen and oxygen atoms in total. The lowest BCUT2D eigenvalue weighted by atomic mass is 9.90. The molecule has 1 aliphatic carbocycles. The first-order chi connectivity index (χ1) is 10.4. The van der Waals surface area contributed by atoms with E-state index < -0.39 is 0 Å². The van der Waals surface area contributed by atoms with E-state index in [1.807, 2.05) is 11.3 Å². The van der Waals surface area contributed by atoms with Crippen molar-refractivity contribution in [2.24, 2.45) is 0 Å². The van der Waals surface area contributed by atoms with Gasteiger partial charge in [0, 0.05) is 4.70 Å². The zero-order valence-corrected chi connectivity index (χ0v) is 13.7. The van der Waals surface area contributed by atoms with Crippen molar-refractivity contribution in [1.29, 1.82) is 0 Å². The molecule has 1 aromatic carbocycles. The summed E-state index contributed by atoms with van der Waals surface area (Å²) in [4.78, 5) is 0. The van der Waals surface area contributed by atoms with Gasteiger partial charge in [0.05, 0.1) is 6.04 Å². The van der Waals surface area contributed by atoms with Gasteiger partial charge in [-0.1, -0.05) is 49.6 Å². The third kappa shape index (κ3) is 3.38. The standard InChI is InChI=1S/C19H25NS/c1-2-20-19(15-10-6-4-3-5-7-11-15)17-14-21-18-13-9-8-12-16(17)18/h8-10,12-14,19-20H,2-7,11H2,1H3/b15-10+. The third-order valence-electron chi connectivity index (χ3n) is 4.43. The van der Waals surface area contributed by atoms with Crippen molar-refractivity contribution in [3.05, 3.63) is 46.9 Å². The summed E-state index contributed by atoms with van der Waals surface area (Å²) >= 11 is 1.87. The van der Waals surface area contributed by atoms with Crippen LogP contribution in [0, 0.1) is 0 Å².